The van der Waals surface area contributed by atoms with E-state index in [1.54, 1.807) is 24.3 Å². The summed E-state index contributed by atoms with van der Waals surface area (Å²) in [5.41, 5.74) is 5.72. The van der Waals surface area contributed by atoms with Crippen LogP contribution in [-0.4, -0.2) is 16.2 Å². The summed E-state index contributed by atoms with van der Waals surface area (Å²) in [6.45, 7) is 0. The van der Waals surface area contributed by atoms with E-state index in [2.05, 4.69) is 20.3 Å². The fraction of sp³-hybridized carbons (Fsp3) is 0. The molecule has 0 unspecified atom stereocenters. The van der Waals surface area contributed by atoms with E-state index in [9.17, 15) is 4.79 Å². The first-order chi connectivity index (χ1) is 7.68. The van der Waals surface area contributed by atoms with Gasteiger partial charge in [0, 0.05) is 0 Å². The number of aromatic nitrogens is 2. The summed E-state index contributed by atoms with van der Waals surface area (Å²) in [4.78, 5) is 11.7. The van der Waals surface area contributed by atoms with Gasteiger partial charge in [-0.25, -0.2) is 4.63 Å². The molecule has 2 aromatic rings. The summed E-state index contributed by atoms with van der Waals surface area (Å²) in [6, 6.07) is 6.62. The van der Waals surface area contributed by atoms with Crippen LogP contribution < -0.4 is 11.1 Å². The van der Waals surface area contributed by atoms with Gasteiger partial charge in [-0.1, -0.05) is 23.7 Å². The Labute approximate surface area is 95.3 Å². The summed E-state index contributed by atoms with van der Waals surface area (Å²) >= 11 is 5.85. The third-order valence-corrected chi connectivity index (χ3v) is 2.19. The molecule has 3 N–H and O–H groups in total. The normalized spacial score (nSPS) is 10.1. The van der Waals surface area contributed by atoms with Gasteiger partial charge in [0.25, 0.3) is 5.91 Å². The maximum Gasteiger partial charge on any atom is 0.258 e. The van der Waals surface area contributed by atoms with Crippen molar-refractivity contribution >= 4 is 29.1 Å². The SMILES string of the molecule is Nc1nonc1NC(=O)c1ccccc1Cl. The van der Waals surface area contributed by atoms with Gasteiger partial charge in [0.1, 0.15) is 0 Å². The van der Waals surface area contributed by atoms with Crippen molar-refractivity contribution in [3.8, 4) is 0 Å². The number of hydrogen-bond acceptors (Lipinski definition) is 5. The van der Waals surface area contributed by atoms with Crippen LogP contribution in [0, 0.1) is 0 Å². The fourth-order valence-electron chi connectivity index (χ4n) is 1.10. The van der Waals surface area contributed by atoms with Gasteiger partial charge in [0.05, 0.1) is 10.6 Å². The predicted molar refractivity (Wildman–Crippen MR) is 58.1 cm³/mol. The number of nitrogens with two attached hydrogens (primary N) is 1. The van der Waals surface area contributed by atoms with Crippen LogP contribution in [0.4, 0.5) is 11.6 Å². The molecule has 1 aromatic heterocycles. The lowest BCUT2D eigenvalue weighted by molar-refractivity contribution is 0.102. The molecule has 0 atom stereocenters. The van der Waals surface area contributed by atoms with E-state index in [1.165, 1.54) is 0 Å². The second-order valence-electron chi connectivity index (χ2n) is 2.93. The molecule has 0 aliphatic rings. The zero-order valence-electron chi connectivity index (χ0n) is 7.98. The molecule has 0 bridgehead atoms. The lowest BCUT2D eigenvalue weighted by Crippen LogP contribution is -2.13. The highest BCUT2D eigenvalue weighted by Crippen LogP contribution is 2.18. The molecule has 16 heavy (non-hydrogen) atoms. The molecule has 82 valence electrons. The minimum atomic E-state index is -0.423. The Kier molecular flexibility index (Phi) is 2.74. The molecule has 0 aliphatic heterocycles. The standard InChI is InChI=1S/C9H7ClN4O2/c10-6-4-2-1-3-5(6)9(15)12-8-7(11)13-16-14-8/h1-4H,(H2,11,13)(H,12,14,15). The molecule has 1 amide bonds. The van der Waals surface area contributed by atoms with Crippen molar-refractivity contribution in [3.05, 3.63) is 34.9 Å². The van der Waals surface area contributed by atoms with Gasteiger partial charge >= 0.3 is 0 Å². The molecule has 1 heterocycles. The Balaban J connectivity index is 2.22. The van der Waals surface area contributed by atoms with Crippen molar-refractivity contribution in [3.63, 3.8) is 0 Å². The number of nitrogen functional groups attached to an aromatic ring is 1. The van der Waals surface area contributed by atoms with Gasteiger partial charge in [-0.2, -0.15) is 0 Å². The molecule has 1 aromatic carbocycles. The Morgan fingerprint density at radius 3 is 2.75 bits per heavy atom. The fourth-order valence-corrected chi connectivity index (χ4v) is 1.32. The number of rotatable bonds is 2. The van der Waals surface area contributed by atoms with E-state index in [4.69, 9.17) is 17.3 Å². The summed E-state index contributed by atoms with van der Waals surface area (Å²) < 4.78 is 4.34. The molecular formula is C9H7ClN4O2. The van der Waals surface area contributed by atoms with E-state index >= 15 is 0 Å². The van der Waals surface area contributed by atoms with Gasteiger partial charge in [0.15, 0.2) is 0 Å². The number of carbonyl (C=O) groups excluding carboxylic acids is 1. The number of hydrogen-bond donors (Lipinski definition) is 2. The van der Waals surface area contributed by atoms with Crippen LogP contribution >= 0.6 is 11.6 Å². The topological polar surface area (TPSA) is 94.0 Å². The van der Waals surface area contributed by atoms with E-state index in [0.717, 1.165) is 0 Å². The first-order valence-electron chi connectivity index (χ1n) is 4.32. The summed E-state index contributed by atoms with van der Waals surface area (Å²) in [5, 5.41) is 9.53. The minimum Gasteiger partial charge on any atom is -0.378 e. The van der Waals surface area contributed by atoms with E-state index in [0.29, 0.717) is 10.6 Å². The lowest BCUT2D eigenvalue weighted by atomic mass is 10.2. The van der Waals surface area contributed by atoms with Crippen molar-refractivity contribution in [1.82, 2.24) is 10.3 Å². The quantitative estimate of drug-likeness (QED) is 0.828. The summed E-state index contributed by atoms with van der Waals surface area (Å²) in [6.07, 6.45) is 0. The minimum absolute atomic E-state index is 0.0143. The highest BCUT2D eigenvalue weighted by molar-refractivity contribution is 6.34. The Hall–Kier alpha value is -2.08. The average Bonchev–Trinajstić information content (AvgIpc) is 2.65. The molecule has 0 saturated carbocycles. The number of nitrogens with one attached hydrogen (secondary N) is 1. The maximum atomic E-state index is 11.7. The first-order valence-corrected chi connectivity index (χ1v) is 4.70. The van der Waals surface area contributed by atoms with Crippen LogP contribution in [0.2, 0.25) is 5.02 Å². The van der Waals surface area contributed by atoms with Gasteiger partial charge < -0.3 is 11.1 Å². The first kappa shape index (κ1) is 10.4. The molecule has 7 heteroatoms. The van der Waals surface area contributed by atoms with E-state index in [-0.39, 0.29) is 11.6 Å². The van der Waals surface area contributed by atoms with Crippen molar-refractivity contribution in [2.24, 2.45) is 0 Å². The third-order valence-electron chi connectivity index (χ3n) is 1.86. The van der Waals surface area contributed by atoms with Crippen molar-refractivity contribution in [1.29, 1.82) is 0 Å². The largest absolute Gasteiger partial charge is 0.378 e. The van der Waals surface area contributed by atoms with Crippen LogP contribution in [0.3, 0.4) is 0 Å². The molecule has 0 fully saturated rings. The highest BCUT2D eigenvalue weighted by Gasteiger charge is 2.14. The van der Waals surface area contributed by atoms with Crippen LogP contribution in [0.25, 0.3) is 0 Å². The van der Waals surface area contributed by atoms with Gasteiger partial charge in [-0.05, 0) is 22.4 Å². The predicted octanol–water partition coefficient (Wildman–Crippen LogP) is 1.56. The number of benzene rings is 1. The second kappa shape index (κ2) is 4.19. The van der Waals surface area contributed by atoms with Crippen LogP contribution in [0.5, 0.6) is 0 Å². The molecule has 0 radical (unpaired) electrons. The molecule has 6 nitrogen and oxygen atoms in total. The monoisotopic (exact) mass is 238 g/mol. The van der Waals surface area contributed by atoms with E-state index < -0.39 is 5.91 Å². The Morgan fingerprint density at radius 2 is 2.12 bits per heavy atom. The average molecular weight is 239 g/mol. The van der Waals surface area contributed by atoms with Crippen molar-refractivity contribution in [2.75, 3.05) is 11.1 Å². The number of anilines is 2. The Bertz CT molecular complexity index is 526. The lowest BCUT2D eigenvalue weighted by Gasteiger charge is -2.02. The summed E-state index contributed by atoms with van der Waals surface area (Å²) in [5.74, 6) is -0.335. The van der Waals surface area contributed by atoms with Crippen molar-refractivity contribution in [2.45, 2.75) is 0 Å². The van der Waals surface area contributed by atoms with Gasteiger partial charge in [-0.3, -0.25) is 4.79 Å². The number of carbonyl (C=O) groups is 1. The van der Waals surface area contributed by atoms with Crippen LogP contribution in [0.1, 0.15) is 10.4 Å². The zero-order valence-corrected chi connectivity index (χ0v) is 8.73. The number of nitrogens with zero attached hydrogens (tertiary/aromatic N) is 2. The highest BCUT2D eigenvalue weighted by atomic mass is 35.5. The third kappa shape index (κ3) is 1.96. The molecular weight excluding hydrogens is 232 g/mol. The molecule has 0 aliphatic carbocycles. The number of amides is 1. The van der Waals surface area contributed by atoms with Crippen LogP contribution in [0.15, 0.2) is 28.9 Å². The van der Waals surface area contributed by atoms with Gasteiger partial charge in [0.2, 0.25) is 11.6 Å². The zero-order chi connectivity index (χ0) is 11.5. The van der Waals surface area contributed by atoms with Gasteiger partial charge in [-0.15, -0.1) is 0 Å². The summed E-state index contributed by atoms with van der Waals surface area (Å²) in [7, 11) is 0. The van der Waals surface area contributed by atoms with Crippen LogP contribution in [-0.2, 0) is 0 Å². The smallest absolute Gasteiger partial charge is 0.258 e. The molecule has 0 spiro atoms. The maximum absolute atomic E-state index is 11.7. The second-order valence-corrected chi connectivity index (χ2v) is 3.34. The number of halogens is 1. The van der Waals surface area contributed by atoms with E-state index in [1.807, 2.05) is 0 Å². The molecule has 0 saturated heterocycles. The molecule has 2 rings (SSSR count). The Morgan fingerprint density at radius 1 is 1.38 bits per heavy atom. The van der Waals surface area contributed by atoms with Crippen molar-refractivity contribution < 1.29 is 9.42 Å².